The summed E-state index contributed by atoms with van der Waals surface area (Å²) in [5.41, 5.74) is -0.644. The summed E-state index contributed by atoms with van der Waals surface area (Å²) in [5.74, 6) is 2.25. The molecule has 0 radical (unpaired) electrons. The Bertz CT molecular complexity index is 782. The van der Waals surface area contributed by atoms with Crippen molar-refractivity contribution in [1.29, 1.82) is 0 Å². The van der Waals surface area contributed by atoms with Gasteiger partial charge < -0.3 is 4.90 Å². The topological polar surface area (TPSA) is 28.0 Å². The smallest absolute Gasteiger partial charge is 0.312 e. The van der Waals surface area contributed by atoms with E-state index in [1.165, 1.54) is 0 Å². The van der Waals surface area contributed by atoms with Crippen LogP contribution >= 0.6 is 11.8 Å². The highest BCUT2D eigenvalue weighted by Crippen LogP contribution is 2.41. The van der Waals surface area contributed by atoms with Crippen molar-refractivity contribution < 1.29 is 13.2 Å². The van der Waals surface area contributed by atoms with Crippen LogP contribution in [-0.2, 0) is 0 Å². The average molecular weight is 381 g/mol. The van der Waals surface area contributed by atoms with Crippen molar-refractivity contribution in [2.75, 3.05) is 12.3 Å². The summed E-state index contributed by atoms with van der Waals surface area (Å²) in [4.78, 5) is 12.0. The Labute approximate surface area is 156 Å². The first-order valence-electron chi connectivity index (χ1n) is 8.74. The fourth-order valence-corrected chi connectivity index (χ4v) is 4.17. The lowest BCUT2D eigenvalue weighted by Gasteiger charge is -2.30. The summed E-state index contributed by atoms with van der Waals surface area (Å²) in [6.45, 7) is 6.54. The van der Waals surface area contributed by atoms with E-state index in [4.69, 9.17) is 4.99 Å². The van der Waals surface area contributed by atoms with Gasteiger partial charge in [0.1, 0.15) is 17.2 Å². The number of hydrogen-bond acceptors (Lipinski definition) is 4. The normalized spacial score (nSPS) is 22.7. The Balaban J connectivity index is 2.07. The van der Waals surface area contributed by atoms with Gasteiger partial charge in [-0.15, -0.1) is 11.8 Å². The summed E-state index contributed by atoms with van der Waals surface area (Å²) >= 11 is 1.71. The first-order valence-corrected chi connectivity index (χ1v) is 9.73. The van der Waals surface area contributed by atoms with E-state index in [1.807, 2.05) is 36.1 Å². The highest BCUT2D eigenvalue weighted by Gasteiger charge is 2.49. The molecule has 2 heterocycles. The molecule has 0 bridgehead atoms. The van der Waals surface area contributed by atoms with E-state index in [0.29, 0.717) is 12.4 Å². The van der Waals surface area contributed by atoms with Gasteiger partial charge in [0.15, 0.2) is 0 Å². The number of alkyl halides is 3. The van der Waals surface area contributed by atoms with Gasteiger partial charge >= 0.3 is 6.18 Å². The van der Waals surface area contributed by atoms with Crippen molar-refractivity contribution >= 4 is 23.4 Å². The Morgan fingerprint density at radius 2 is 1.96 bits per heavy atom. The van der Waals surface area contributed by atoms with Crippen LogP contribution in [0.1, 0.15) is 39.2 Å². The number of aliphatic imine (C=N–C) groups is 2. The van der Waals surface area contributed by atoms with Crippen LogP contribution in [0.3, 0.4) is 0 Å². The second-order valence-corrected chi connectivity index (χ2v) is 7.88. The van der Waals surface area contributed by atoms with Gasteiger partial charge in [-0.25, -0.2) is 4.99 Å². The zero-order valence-corrected chi connectivity index (χ0v) is 15.9. The van der Waals surface area contributed by atoms with Gasteiger partial charge in [-0.05, 0) is 25.2 Å². The lowest BCUT2D eigenvalue weighted by molar-refractivity contribution is -0.0953. The molecule has 1 aromatic rings. The number of amidine groups is 2. The summed E-state index contributed by atoms with van der Waals surface area (Å²) in [7, 11) is 0. The first-order chi connectivity index (χ1) is 12.3. The molecule has 0 amide bonds. The lowest BCUT2D eigenvalue weighted by Crippen LogP contribution is -2.44. The molecule has 0 fully saturated rings. The number of benzene rings is 1. The third-order valence-corrected chi connectivity index (χ3v) is 5.42. The second kappa shape index (κ2) is 7.10. The minimum atomic E-state index is -4.37. The molecule has 2 aliphatic rings. The van der Waals surface area contributed by atoms with Crippen LogP contribution in [0, 0.1) is 0 Å². The number of hydrogen-bond donors (Lipinski definition) is 0. The van der Waals surface area contributed by atoms with Crippen LogP contribution in [0.2, 0.25) is 0 Å². The van der Waals surface area contributed by atoms with E-state index in [0.717, 1.165) is 34.7 Å². The number of rotatable bonds is 5. The SMILES string of the molecule is CCCN1C(c2ccccc2SCC)=NC2(C)CC(C(F)(F)F)=CN=C12. The van der Waals surface area contributed by atoms with Gasteiger partial charge in [0, 0.05) is 29.6 Å². The van der Waals surface area contributed by atoms with E-state index in [1.54, 1.807) is 18.7 Å². The molecule has 7 heteroatoms. The maximum Gasteiger partial charge on any atom is 0.414 e. The van der Waals surface area contributed by atoms with E-state index < -0.39 is 17.3 Å². The Morgan fingerprint density at radius 1 is 1.23 bits per heavy atom. The molecule has 1 atom stereocenters. The quantitative estimate of drug-likeness (QED) is 0.649. The van der Waals surface area contributed by atoms with Crippen molar-refractivity contribution in [3.05, 3.63) is 41.6 Å². The zero-order valence-electron chi connectivity index (χ0n) is 15.1. The molecule has 0 saturated carbocycles. The van der Waals surface area contributed by atoms with Crippen molar-refractivity contribution in [3.63, 3.8) is 0 Å². The van der Waals surface area contributed by atoms with Crippen LogP contribution in [0.5, 0.6) is 0 Å². The largest absolute Gasteiger partial charge is 0.414 e. The van der Waals surface area contributed by atoms with E-state index in [-0.39, 0.29) is 6.42 Å². The molecule has 0 aromatic heterocycles. The predicted molar refractivity (Wildman–Crippen MR) is 101 cm³/mol. The monoisotopic (exact) mass is 381 g/mol. The van der Waals surface area contributed by atoms with Gasteiger partial charge in [0.25, 0.3) is 0 Å². The summed E-state index contributed by atoms with van der Waals surface area (Å²) in [6, 6.07) is 7.92. The number of halogens is 3. The highest BCUT2D eigenvalue weighted by molar-refractivity contribution is 7.99. The summed E-state index contributed by atoms with van der Waals surface area (Å²) in [6.07, 6.45) is -2.73. The van der Waals surface area contributed by atoms with Gasteiger partial charge in [0.2, 0.25) is 0 Å². The molecule has 0 aliphatic carbocycles. The van der Waals surface area contributed by atoms with E-state index >= 15 is 0 Å². The van der Waals surface area contributed by atoms with Gasteiger partial charge in [0.05, 0.1) is 5.57 Å². The van der Waals surface area contributed by atoms with Crippen molar-refractivity contribution in [2.45, 2.75) is 50.2 Å². The molecule has 3 rings (SSSR count). The summed E-state index contributed by atoms with van der Waals surface area (Å²) < 4.78 is 39.6. The molecule has 26 heavy (non-hydrogen) atoms. The molecular weight excluding hydrogens is 359 g/mol. The average Bonchev–Trinajstić information content (AvgIpc) is 2.87. The number of fused-ring (bicyclic) bond motifs is 1. The Morgan fingerprint density at radius 3 is 2.62 bits per heavy atom. The molecule has 2 aliphatic heterocycles. The predicted octanol–water partition coefficient (Wildman–Crippen LogP) is 5.28. The van der Waals surface area contributed by atoms with E-state index in [2.05, 4.69) is 11.9 Å². The fourth-order valence-electron chi connectivity index (χ4n) is 3.37. The Hall–Kier alpha value is -1.76. The van der Waals surface area contributed by atoms with Crippen LogP contribution in [0.4, 0.5) is 13.2 Å². The zero-order chi connectivity index (χ0) is 18.9. The molecule has 3 nitrogen and oxygen atoms in total. The molecule has 0 spiro atoms. The molecule has 0 N–H and O–H groups in total. The molecular formula is C19H22F3N3S. The third-order valence-electron chi connectivity index (χ3n) is 4.46. The van der Waals surface area contributed by atoms with Crippen LogP contribution in [0.15, 0.2) is 50.9 Å². The van der Waals surface area contributed by atoms with Gasteiger partial charge in [-0.1, -0.05) is 32.0 Å². The van der Waals surface area contributed by atoms with Crippen LogP contribution in [-0.4, -0.2) is 40.6 Å². The molecule has 1 aromatic carbocycles. The van der Waals surface area contributed by atoms with Crippen LogP contribution in [0.25, 0.3) is 0 Å². The highest BCUT2D eigenvalue weighted by atomic mass is 32.2. The standard InChI is InChI=1S/C19H22F3N3S/c1-4-10-25-16(14-8-6-7-9-15(14)26-5-2)24-18(3)11-13(19(20,21)22)12-23-17(18)25/h6-9,12H,4-5,10-11H2,1-3H3. The minimum Gasteiger partial charge on any atom is -0.312 e. The van der Waals surface area contributed by atoms with Gasteiger partial charge in [-0.3, -0.25) is 4.99 Å². The molecule has 140 valence electrons. The van der Waals surface area contributed by atoms with Crippen molar-refractivity contribution in [2.24, 2.45) is 9.98 Å². The maximum atomic E-state index is 13.2. The lowest BCUT2D eigenvalue weighted by atomic mass is 9.90. The van der Waals surface area contributed by atoms with Crippen molar-refractivity contribution in [3.8, 4) is 0 Å². The number of thioether (sulfide) groups is 1. The van der Waals surface area contributed by atoms with Gasteiger partial charge in [-0.2, -0.15) is 13.2 Å². The maximum absolute atomic E-state index is 13.2. The van der Waals surface area contributed by atoms with Crippen LogP contribution < -0.4 is 0 Å². The second-order valence-electron chi connectivity index (χ2n) is 6.57. The summed E-state index contributed by atoms with van der Waals surface area (Å²) in [5, 5.41) is 0. The minimum absolute atomic E-state index is 0.178. The Kier molecular flexibility index (Phi) is 5.19. The third kappa shape index (κ3) is 3.41. The molecule has 1 unspecified atom stereocenters. The molecule has 0 saturated heterocycles. The van der Waals surface area contributed by atoms with Crippen molar-refractivity contribution in [1.82, 2.24) is 4.90 Å². The number of nitrogens with zero attached hydrogens (tertiary/aromatic N) is 3. The fraction of sp³-hybridized carbons (Fsp3) is 0.474. The first kappa shape index (κ1) is 19.0. The van der Waals surface area contributed by atoms with E-state index in [9.17, 15) is 13.2 Å².